The van der Waals surface area contributed by atoms with Crippen LogP contribution in [0.15, 0.2) is 24.3 Å². The van der Waals surface area contributed by atoms with Crippen molar-refractivity contribution < 1.29 is 9.59 Å². The molecule has 1 aliphatic carbocycles. The minimum Gasteiger partial charge on any atom is -0.355 e. The molecule has 0 spiro atoms. The summed E-state index contributed by atoms with van der Waals surface area (Å²) < 4.78 is 0. The lowest BCUT2D eigenvalue weighted by Crippen LogP contribution is -2.46. The number of amides is 2. The molecule has 0 aromatic heterocycles. The number of nitrogens with zero attached hydrogens (tertiary/aromatic N) is 1. The average Bonchev–Trinajstić information content (AvgIpc) is 2.98. The van der Waals surface area contributed by atoms with Gasteiger partial charge in [-0.3, -0.25) is 9.59 Å². The van der Waals surface area contributed by atoms with Crippen molar-refractivity contribution in [2.75, 3.05) is 19.6 Å². The van der Waals surface area contributed by atoms with E-state index in [2.05, 4.69) is 5.32 Å². The minimum absolute atomic E-state index is 0.0492. The van der Waals surface area contributed by atoms with Crippen molar-refractivity contribution in [2.45, 2.75) is 69.6 Å². The highest BCUT2D eigenvalue weighted by Gasteiger charge is 2.41. The van der Waals surface area contributed by atoms with E-state index in [-0.39, 0.29) is 11.8 Å². The van der Waals surface area contributed by atoms with Crippen LogP contribution < -0.4 is 5.32 Å². The summed E-state index contributed by atoms with van der Waals surface area (Å²) in [6, 6.07) is 7.71. The van der Waals surface area contributed by atoms with Gasteiger partial charge in [-0.1, -0.05) is 55.8 Å². The molecule has 2 fully saturated rings. The van der Waals surface area contributed by atoms with Crippen molar-refractivity contribution in [3.63, 3.8) is 0 Å². The summed E-state index contributed by atoms with van der Waals surface area (Å²) in [6.45, 7) is 2.13. The van der Waals surface area contributed by atoms with Crippen LogP contribution in [-0.2, 0) is 15.0 Å². The van der Waals surface area contributed by atoms with Crippen molar-refractivity contribution >= 4 is 23.4 Å². The number of carbonyl (C=O) groups excluding carboxylic acids is 2. The van der Waals surface area contributed by atoms with Gasteiger partial charge in [-0.05, 0) is 43.4 Å². The molecule has 4 nitrogen and oxygen atoms in total. The third kappa shape index (κ3) is 5.04. The van der Waals surface area contributed by atoms with Gasteiger partial charge in [0.1, 0.15) is 0 Å². The lowest BCUT2D eigenvalue weighted by molar-refractivity contribution is -0.131. The number of likely N-dealkylation sites (tertiary alicyclic amines) is 1. The zero-order valence-corrected chi connectivity index (χ0v) is 16.9. The van der Waals surface area contributed by atoms with Crippen LogP contribution in [0.4, 0.5) is 0 Å². The van der Waals surface area contributed by atoms with E-state index < -0.39 is 5.41 Å². The van der Waals surface area contributed by atoms with E-state index in [9.17, 15) is 9.59 Å². The van der Waals surface area contributed by atoms with Gasteiger partial charge in [0.15, 0.2) is 0 Å². The smallest absolute Gasteiger partial charge is 0.230 e. The number of benzene rings is 1. The predicted octanol–water partition coefficient (Wildman–Crippen LogP) is 4.45. The molecular weight excluding hydrogens is 360 g/mol. The van der Waals surface area contributed by atoms with Gasteiger partial charge in [-0.2, -0.15) is 0 Å². The fraction of sp³-hybridized carbons (Fsp3) is 0.636. The second kappa shape index (κ2) is 9.59. The van der Waals surface area contributed by atoms with E-state index in [1.165, 1.54) is 19.3 Å². The molecule has 1 aromatic carbocycles. The summed E-state index contributed by atoms with van der Waals surface area (Å²) >= 11 is 6.19. The van der Waals surface area contributed by atoms with Gasteiger partial charge in [-0.25, -0.2) is 0 Å². The van der Waals surface area contributed by atoms with E-state index in [1.807, 2.05) is 29.2 Å². The summed E-state index contributed by atoms with van der Waals surface area (Å²) in [5, 5.41) is 3.74. The summed E-state index contributed by atoms with van der Waals surface area (Å²) in [7, 11) is 0. The van der Waals surface area contributed by atoms with E-state index in [0.717, 1.165) is 57.2 Å². The Morgan fingerprint density at radius 1 is 1.00 bits per heavy atom. The van der Waals surface area contributed by atoms with Crippen LogP contribution in [0.2, 0.25) is 5.02 Å². The van der Waals surface area contributed by atoms with Crippen molar-refractivity contribution in [3.8, 4) is 0 Å². The second-order valence-electron chi connectivity index (χ2n) is 7.95. The Bertz CT molecular complexity index is 647. The Morgan fingerprint density at radius 2 is 1.67 bits per heavy atom. The molecule has 0 atom stereocenters. The average molecular weight is 391 g/mol. The van der Waals surface area contributed by atoms with Crippen molar-refractivity contribution in [1.29, 1.82) is 0 Å². The molecule has 2 amide bonds. The molecule has 5 heteroatoms. The highest BCUT2D eigenvalue weighted by atomic mass is 35.5. The Labute approximate surface area is 167 Å². The molecule has 0 unspecified atom stereocenters. The monoisotopic (exact) mass is 390 g/mol. The molecule has 2 aliphatic rings. The maximum atomic E-state index is 13.2. The van der Waals surface area contributed by atoms with Gasteiger partial charge in [0.2, 0.25) is 11.8 Å². The van der Waals surface area contributed by atoms with Crippen LogP contribution in [0.25, 0.3) is 0 Å². The number of rotatable bonds is 5. The molecule has 3 rings (SSSR count). The Balaban J connectivity index is 1.60. The summed E-state index contributed by atoms with van der Waals surface area (Å²) in [5.41, 5.74) is 0.500. The van der Waals surface area contributed by atoms with Crippen LogP contribution >= 0.6 is 11.6 Å². The predicted molar refractivity (Wildman–Crippen MR) is 109 cm³/mol. The fourth-order valence-electron chi connectivity index (χ4n) is 4.52. The second-order valence-corrected chi connectivity index (χ2v) is 8.39. The van der Waals surface area contributed by atoms with Gasteiger partial charge in [0.25, 0.3) is 0 Å². The number of nitrogens with one attached hydrogen (secondary N) is 1. The summed E-state index contributed by atoms with van der Waals surface area (Å²) in [4.78, 5) is 27.6. The van der Waals surface area contributed by atoms with Crippen LogP contribution in [0, 0.1) is 0 Å². The van der Waals surface area contributed by atoms with E-state index in [4.69, 9.17) is 11.6 Å². The minimum atomic E-state index is -0.505. The third-order valence-corrected chi connectivity index (χ3v) is 6.34. The normalized spacial score (nSPS) is 20.0. The molecule has 1 saturated carbocycles. The van der Waals surface area contributed by atoms with Gasteiger partial charge < -0.3 is 10.2 Å². The maximum Gasteiger partial charge on any atom is 0.230 e. The van der Waals surface area contributed by atoms with E-state index in [0.29, 0.717) is 18.0 Å². The van der Waals surface area contributed by atoms with Gasteiger partial charge >= 0.3 is 0 Å². The fourth-order valence-corrected chi connectivity index (χ4v) is 4.71. The molecule has 0 bridgehead atoms. The highest BCUT2D eigenvalue weighted by Crippen LogP contribution is 2.40. The van der Waals surface area contributed by atoms with Crippen LogP contribution in [0.5, 0.6) is 0 Å². The topological polar surface area (TPSA) is 49.4 Å². The molecule has 1 heterocycles. The largest absolute Gasteiger partial charge is 0.355 e. The number of halogens is 1. The number of hydrogen-bond donors (Lipinski definition) is 1. The number of carbonyl (C=O) groups is 2. The zero-order valence-electron chi connectivity index (χ0n) is 16.1. The number of hydrogen-bond acceptors (Lipinski definition) is 2. The summed E-state index contributed by atoms with van der Waals surface area (Å²) in [6.07, 6.45) is 9.95. The molecule has 148 valence electrons. The SMILES string of the molecule is O=C(CCNC(=O)C1(c2cccc(Cl)c2)CCCCC1)N1CCCCCC1. The van der Waals surface area contributed by atoms with E-state index >= 15 is 0 Å². The lowest BCUT2D eigenvalue weighted by Gasteiger charge is -2.36. The first-order valence-corrected chi connectivity index (χ1v) is 10.8. The standard InChI is InChI=1S/C22H31ClN2O2/c23-19-10-8-9-18(17-19)22(12-4-3-5-13-22)21(27)24-14-11-20(26)25-15-6-1-2-7-16-25/h8-10,17H,1-7,11-16H2,(H,24,27). The Hall–Kier alpha value is -1.55. The molecule has 1 N–H and O–H groups in total. The van der Waals surface area contributed by atoms with Crippen molar-refractivity contribution in [3.05, 3.63) is 34.9 Å². The summed E-state index contributed by atoms with van der Waals surface area (Å²) in [5.74, 6) is 0.214. The van der Waals surface area contributed by atoms with Crippen LogP contribution in [0.3, 0.4) is 0 Å². The van der Waals surface area contributed by atoms with Gasteiger partial charge in [0.05, 0.1) is 5.41 Å². The molecule has 1 saturated heterocycles. The quantitative estimate of drug-likeness (QED) is 0.807. The molecule has 1 aliphatic heterocycles. The Kier molecular flexibility index (Phi) is 7.17. The molecule has 27 heavy (non-hydrogen) atoms. The zero-order chi connectivity index (χ0) is 19.1. The van der Waals surface area contributed by atoms with Crippen molar-refractivity contribution in [1.82, 2.24) is 10.2 Å². The first kappa shape index (κ1) is 20.2. The molecular formula is C22H31ClN2O2. The highest BCUT2D eigenvalue weighted by molar-refractivity contribution is 6.30. The maximum absolute atomic E-state index is 13.2. The Morgan fingerprint density at radius 3 is 2.33 bits per heavy atom. The van der Waals surface area contributed by atoms with Crippen LogP contribution in [0.1, 0.15) is 69.8 Å². The lowest BCUT2D eigenvalue weighted by atomic mass is 9.68. The molecule has 0 radical (unpaired) electrons. The molecule has 1 aromatic rings. The van der Waals surface area contributed by atoms with Gasteiger partial charge in [0, 0.05) is 31.1 Å². The van der Waals surface area contributed by atoms with Crippen molar-refractivity contribution in [2.24, 2.45) is 0 Å². The van der Waals surface area contributed by atoms with Crippen LogP contribution in [-0.4, -0.2) is 36.3 Å². The van der Waals surface area contributed by atoms with Gasteiger partial charge in [-0.15, -0.1) is 0 Å². The van der Waals surface area contributed by atoms with E-state index in [1.54, 1.807) is 0 Å². The third-order valence-electron chi connectivity index (χ3n) is 6.10. The first-order valence-electron chi connectivity index (χ1n) is 10.4. The first-order chi connectivity index (χ1) is 13.1.